The van der Waals surface area contributed by atoms with Crippen LogP contribution in [0.4, 0.5) is 74.6 Å². The SMILES string of the molecule is O=S(=O)(O)C(F)(F)C(F)(F)C(F)(F)C(F)(F)C(F)(F)C(F)(F)OC(F)(F)C(F)(F)F. The standard InChI is InChI=1S/C8HF17O4S/c9-1(10,2(11,12)4(15,16)8(24,25)30(26,27)28)3(13,14)6(20,21)29-7(22,23)5(17,18)19/h(H,26,27,28). The molecule has 0 atom stereocenters. The summed E-state index contributed by atoms with van der Waals surface area (Å²) < 4.78 is 243. The van der Waals surface area contributed by atoms with E-state index in [9.17, 15) is 83.1 Å². The van der Waals surface area contributed by atoms with Crippen LogP contribution in [-0.4, -0.2) is 60.3 Å². The molecule has 0 unspecified atom stereocenters. The third-order valence-electron chi connectivity index (χ3n) is 2.82. The normalized spacial score (nSPS) is 16.7. The van der Waals surface area contributed by atoms with Crippen LogP contribution in [0.25, 0.3) is 0 Å². The van der Waals surface area contributed by atoms with E-state index in [0.717, 1.165) is 4.74 Å². The van der Waals surface area contributed by atoms with Crippen molar-refractivity contribution in [3.05, 3.63) is 0 Å². The highest BCUT2D eigenvalue weighted by atomic mass is 32.2. The fraction of sp³-hybridized carbons (Fsp3) is 1.00. The van der Waals surface area contributed by atoms with Gasteiger partial charge in [-0.25, -0.2) is 4.74 Å². The molecule has 0 saturated heterocycles. The van der Waals surface area contributed by atoms with Crippen LogP contribution in [0, 0.1) is 0 Å². The number of hydrogen-bond donors (Lipinski definition) is 1. The predicted molar refractivity (Wildman–Crippen MR) is 53.3 cm³/mol. The first-order chi connectivity index (χ1) is 12.5. The average molecular weight is 516 g/mol. The molecule has 0 amide bonds. The Labute approximate surface area is 151 Å². The Morgan fingerprint density at radius 1 is 0.500 bits per heavy atom. The molecule has 0 aliphatic carbocycles. The summed E-state index contributed by atoms with van der Waals surface area (Å²) in [4.78, 5) is 0. The molecule has 0 bridgehead atoms. The van der Waals surface area contributed by atoms with E-state index in [1.807, 2.05) is 0 Å². The van der Waals surface area contributed by atoms with E-state index < -0.39 is 57.5 Å². The molecule has 0 aliphatic heterocycles. The van der Waals surface area contributed by atoms with Gasteiger partial charge in [-0.1, -0.05) is 0 Å². The van der Waals surface area contributed by atoms with Crippen molar-refractivity contribution in [2.75, 3.05) is 0 Å². The van der Waals surface area contributed by atoms with Gasteiger partial charge in [0.25, 0.3) is 0 Å². The Hall–Kier alpha value is -1.32. The van der Waals surface area contributed by atoms with Crippen molar-refractivity contribution in [3.8, 4) is 0 Å². The Bertz CT molecular complexity index is 750. The zero-order valence-corrected chi connectivity index (χ0v) is 13.3. The van der Waals surface area contributed by atoms with E-state index in [1.165, 1.54) is 0 Å². The molecule has 0 spiro atoms. The molecular formula is C8HF17O4S. The molecule has 0 rings (SSSR count). The predicted octanol–water partition coefficient (Wildman–Crippen LogP) is 4.77. The highest BCUT2D eigenvalue weighted by Gasteiger charge is 2.93. The summed E-state index contributed by atoms with van der Waals surface area (Å²) in [6.45, 7) is 0. The molecule has 0 saturated carbocycles. The third-order valence-corrected chi connectivity index (χ3v) is 3.73. The second kappa shape index (κ2) is 6.84. The van der Waals surface area contributed by atoms with Crippen molar-refractivity contribution in [3.63, 3.8) is 0 Å². The Balaban J connectivity index is 6.63. The van der Waals surface area contributed by atoms with Crippen LogP contribution >= 0.6 is 0 Å². The first-order valence-corrected chi connectivity index (χ1v) is 7.28. The van der Waals surface area contributed by atoms with Gasteiger partial charge in [0.15, 0.2) is 0 Å². The summed E-state index contributed by atoms with van der Waals surface area (Å²) in [5.74, 6) is -34.3. The van der Waals surface area contributed by atoms with Gasteiger partial charge < -0.3 is 0 Å². The topological polar surface area (TPSA) is 63.6 Å². The minimum atomic E-state index is -8.72. The lowest BCUT2D eigenvalue weighted by atomic mass is 9.97. The molecule has 30 heavy (non-hydrogen) atoms. The van der Waals surface area contributed by atoms with Gasteiger partial charge in [0, 0.05) is 0 Å². The van der Waals surface area contributed by atoms with Crippen LogP contribution in [0.2, 0.25) is 0 Å². The fourth-order valence-electron chi connectivity index (χ4n) is 1.20. The summed E-state index contributed by atoms with van der Waals surface area (Å²) in [5, 5.41) is -7.80. The van der Waals surface area contributed by atoms with E-state index in [0.29, 0.717) is 0 Å². The van der Waals surface area contributed by atoms with Crippen LogP contribution in [0.1, 0.15) is 0 Å². The number of hydrogen-bond acceptors (Lipinski definition) is 3. The largest absolute Gasteiger partial charge is 0.483 e. The molecule has 0 fully saturated rings. The molecular weight excluding hydrogens is 515 g/mol. The van der Waals surface area contributed by atoms with Crippen molar-refractivity contribution in [1.29, 1.82) is 0 Å². The molecule has 4 nitrogen and oxygen atoms in total. The molecule has 0 aromatic carbocycles. The molecule has 0 aliphatic rings. The maximum absolute atomic E-state index is 13.1. The van der Waals surface area contributed by atoms with E-state index in [1.54, 1.807) is 0 Å². The fourth-order valence-corrected chi connectivity index (χ4v) is 1.66. The third kappa shape index (κ3) is 3.84. The van der Waals surface area contributed by atoms with Crippen LogP contribution in [-0.2, 0) is 14.9 Å². The minimum Gasteiger partial charge on any atom is -0.281 e. The van der Waals surface area contributed by atoms with Gasteiger partial charge in [-0.2, -0.15) is 83.1 Å². The van der Waals surface area contributed by atoms with Gasteiger partial charge in [0.2, 0.25) is 0 Å². The quantitative estimate of drug-likeness (QED) is 0.373. The number of halogens is 17. The zero-order chi connectivity index (χ0) is 25.2. The Kier molecular flexibility index (Phi) is 6.54. The first kappa shape index (κ1) is 28.7. The minimum absolute atomic E-state index is 1.05. The molecule has 0 aromatic rings. The molecule has 1 N–H and O–H groups in total. The number of rotatable bonds is 8. The van der Waals surface area contributed by atoms with E-state index in [4.69, 9.17) is 4.55 Å². The van der Waals surface area contributed by atoms with Crippen molar-refractivity contribution in [1.82, 2.24) is 0 Å². The van der Waals surface area contributed by atoms with Crippen molar-refractivity contribution < 1.29 is 92.3 Å². The lowest BCUT2D eigenvalue weighted by Gasteiger charge is -2.40. The molecule has 22 heteroatoms. The van der Waals surface area contributed by atoms with Gasteiger partial charge in [0.05, 0.1) is 0 Å². The maximum atomic E-state index is 13.1. The zero-order valence-electron chi connectivity index (χ0n) is 12.5. The summed E-state index contributed by atoms with van der Waals surface area (Å²) in [6, 6.07) is 0. The number of alkyl halides is 17. The molecule has 0 heterocycles. The van der Waals surface area contributed by atoms with Crippen LogP contribution < -0.4 is 0 Å². The van der Waals surface area contributed by atoms with E-state index in [2.05, 4.69) is 0 Å². The summed E-state index contributed by atoms with van der Waals surface area (Å²) >= 11 is 0. The summed E-state index contributed by atoms with van der Waals surface area (Å²) in [5.41, 5.74) is 0. The van der Waals surface area contributed by atoms with Crippen molar-refractivity contribution in [2.45, 2.75) is 47.3 Å². The van der Waals surface area contributed by atoms with E-state index in [-0.39, 0.29) is 0 Å². The molecule has 0 radical (unpaired) electrons. The second-order valence-electron chi connectivity index (χ2n) is 4.92. The molecule has 0 aromatic heterocycles. The summed E-state index contributed by atoms with van der Waals surface area (Å²) in [6.07, 6.45) is -23.0. The maximum Gasteiger partial charge on any atom is 0.483 e. The van der Waals surface area contributed by atoms with Crippen molar-refractivity contribution >= 4 is 10.1 Å². The Morgan fingerprint density at radius 3 is 1.07 bits per heavy atom. The smallest absolute Gasteiger partial charge is 0.281 e. The van der Waals surface area contributed by atoms with Crippen LogP contribution in [0.5, 0.6) is 0 Å². The highest BCUT2D eigenvalue weighted by molar-refractivity contribution is 7.87. The average Bonchev–Trinajstić information content (AvgIpc) is 2.42. The van der Waals surface area contributed by atoms with Crippen LogP contribution in [0.15, 0.2) is 0 Å². The monoisotopic (exact) mass is 516 g/mol. The van der Waals surface area contributed by atoms with Gasteiger partial charge in [-0.05, 0) is 0 Å². The first-order valence-electron chi connectivity index (χ1n) is 5.84. The van der Waals surface area contributed by atoms with E-state index >= 15 is 0 Å². The van der Waals surface area contributed by atoms with Gasteiger partial charge in [-0.3, -0.25) is 4.55 Å². The molecule has 182 valence electrons. The Morgan fingerprint density at radius 2 is 0.800 bits per heavy atom. The summed E-state index contributed by atoms with van der Waals surface area (Å²) in [7, 11) is -7.86. The highest BCUT2D eigenvalue weighted by Crippen LogP contribution is 2.61. The van der Waals surface area contributed by atoms with Gasteiger partial charge in [0.1, 0.15) is 0 Å². The van der Waals surface area contributed by atoms with Gasteiger partial charge >= 0.3 is 57.5 Å². The second-order valence-corrected chi connectivity index (χ2v) is 6.39. The van der Waals surface area contributed by atoms with Crippen LogP contribution in [0.3, 0.4) is 0 Å². The lowest BCUT2D eigenvalue weighted by molar-refractivity contribution is -0.515. The van der Waals surface area contributed by atoms with Crippen molar-refractivity contribution in [2.24, 2.45) is 0 Å². The lowest BCUT2D eigenvalue weighted by Crippen LogP contribution is -2.72. The van der Waals surface area contributed by atoms with Gasteiger partial charge in [-0.15, -0.1) is 0 Å². The number of ether oxygens (including phenoxy) is 1.